The van der Waals surface area contributed by atoms with Crippen LogP contribution in [0.25, 0.3) is 67.6 Å². The van der Waals surface area contributed by atoms with E-state index in [1.165, 1.54) is 66.9 Å². The molecule has 1 aromatic heterocycles. The van der Waals surface area contributed by atoms with Crippen molar-refractivity contribution in [3.05, 3.63) is 196 Å². The zero-order chi connectivity index (χ0) is 36.5. The molecule has 0 radical (unpaired) electrons. The summed E-state index contributed by atoms with van der Waals surface area (Å²) >= 11 is 0. The van der Waals surface area contributed by atoms with Crippen molar-refractivity contribution in [1.82, 2.24) is 0 Å². The standard InChI is InChI=1S/C53H37NO/c1-34-11-2-5-15-42(34)45-28-29-50(53-44-17-7-3-12-36(44)14-10-19-47(45)53)54(41-27-23-39-31-38-13-4-6-16-43(38)48(39)33-41)40-25-21-35(22-26-40)37-24-30-52-49(32-37)46-18-8-9-20-51(46)55-52/h2-7,11-13,15-18,20-30,32-33H,10,14,19,31H2,1H3. The van der Waals surface area contributed by atoms with E-state index >= 15 is 0 Å². The Morgan fingerprint density at radius 3 is 2.15 bits per heavy atom. The van der Waals surface area contributed by atoms with E-state index in [2.05, 4.69) is 169 Å². The van der Waals surface area contributed by atoms with Gasteiger partial charge in [-0.25, -0.2) is 0 Å². The minimum atomic E-state index is 0.836. The number of nitrogens with zero attached hydrogens (tertiary/aromatic N) is 1. The van der Waals surface area contributed by atoms with Gasteiger partial charge in [-0.1, -0.05) is 115 Å². The van der Waals surface area contributed by atoms with Gasteiger partial charge in [0.2, 0.25) is 0 Å². The zero-order valence-corrected chi connectivity index (χ0v) is 30.7. The third-order valence-electron chi connectivity index (χ3n) is 11.9. The molecule has 8 aromatic rings. The van der Waals surface area contributed by atoms with Crippen molar-refractivity contribution in [2.24, 2.45) is 0 Å². The molecule has 0 N–H and O–H groups in total. The van der Waals surface area contributed by atoms with E-state index in [4.69, 9.17) is 4.42 Å². The highest BCUT2D eigenvalue weighted by molar-refractivity contribution is 5.97. The van der Waals surface area contributed by atoms with Crippen molar-refractivity contribution < 1.29 is 4.42 Å². The van der Waals surface area contributed by atoms with E-state index in [0.717, 1.165) is 70.5 Å². The van der Waals surface area contributed by atoms with Gasteiger partial charge < -0.3 is 9.32 Å². The predicted octanol–water partition coefficient (Wildman–Crippen LogP) is 14.1. The van der Waals surface area contributed by atoms with Crippen molar-refractivity contribution in [3.8, 4) is 44.5 Å². The van der Waals surface area contributed by atoms with Crippen molar-refractivity contribution in [2.45, 2.75) is 32.6 Å². The second-order valence-electron chi connectivity index (χ2n) is 15.0. The molecule has 0 saturated carbocycles. The Bertz CT molecular complexity index is 2960. The molecule has 3 aliphatic carbocycles. The first-order valence-electron chi connectivity index (χ1n) is 19.3. The Morgan fingerprint density at radius 2 is 1.27 bits per heavy atom. The summed E-state index contributed by atoms with van der Waals surface area (Å²) in [6.45, 7) is 2.24. The smallest absolute Gasteiger partial charge is 0.144 e. The van der Waals surface area contributed by atoms with Gasteiger partial charge in [-0.2, -0.15) is 0 Å². The van der Waals surface area contributed by atoms with Crippen LogP contribution in [-0.2, 0) is 19.3 Å². The first-order valence-corrected chi connectivity index (χ1v) is 19.3. The largest absolute Gasteiger partial charge is 0.455 e. The van der Waals surface area contributed by atoms with E-state index in [1.54, 1.807) is 0 Å². The maximum Gasteiger partial charge on any atom is 0.144 e. The van der Waals surface area contributed by atoms with Gasteiger partial charge in [0, 0.05) is 40.0 Å². The van der Waals surface area contributed by atoms with E-state index in [9.17, 15) is 0 Å². The molecule has 3 aliphatic rings. The number of aryl methyl sites for hydroxylation is 2. The lowest BCUT2D eigenvalue weighted by molar-refractivity contribution is 0.603. The molecule has 260 valence electrons. The number of benzene rings is 7. The van der Waals surface area contributed by atoms with Gasteiger partial charge in [-0.05, 0) is 142 Å². The van der Waals surface area contributed by atoms with Gasteiger partial charge in [0.15, 0.2) is 0 Å². The minimum absolute atomic E-state index is 0.836. The van der Waals surface area contributed by atoms with Gasteiger partial charge in [-0.15, -0.1) is 0 Å². The summed E-state index contributed by atoms with van der Waals surface area (Å²) in [6.07, 6.45) is 8.00. The molecule has 0 amide bonds. The van der Waals surface area contributed by atoms with Crippen molar-refractivity contribution in [1.29, 1.82) is 0 Å². The van der Waals surface area contributed by atoms with Gasteiger partial charge in [-0.3, -0.25) is 0 Å². The molecule has 0 fully saturated rings. The van der Waals surface area contributed by atoms with Crippen LogP contribution < -0.4 is 4.90 Å². The van der Waals surface area contributed by atoms with Crippen LogP contribution in [0.3, 0.4) is 0 Å². The number of hydrogen-bond acceptors (Lipinski definition) is 2. The number of fused-ring (bicyclic) bond motifs is 9. The fraction of sp³-hybridized carbons (Fsp3) is 0.0943. The monoisotopic (exact) mass is 703 g/mol. The average Bonchev–Trinajstić information content (AvgIpc) is 3.73. The number of rotatable bonds is 5. The van der Waals surface area contributed by atoms with Gasteiger partial charge in [0.1, 0.15) is 11.3 Å². The van der Waals surface area contributed by atoms with Crippen LogP contribution in [0.1, 0.15) is 45.6 Å². The summed E-state index contributed by atoms with van der Waals surface area (Å²) in [4.78, 5) is 2.51. The van der Waals surface area contributed by atoms with Crippen LogP contribution in [0.2, 0.25) is 0 Å². The average molecular weight is 704 g/mol. The quantitative estimate of drug-likeness (QED) is 0.166. The Balaban J connectivity index is 1.12. The van der Waals surface area contributed by atoms with Crippen molar-refractivity contribution >= 4 is 40.2 Å². The third kappa shape index (κ3) is 5.19. The van der Waals surface area contributed by atoms with Crippen LogP contribution in [0.15, 0.2) is 161 Å². The summed E-state index contributed by atoms with van der Waals surface area (Å²) in [7, 11) is 0. The Morgan fingerprint density at radius 1 is 0.545 bits per heavy atom. The summed E-state index contributed by atoms with van der Waals surface area (Å²) < 4.78 is 6.11. The highest BCUT2D eigenvalue weighted by Gasteiger charge is 2.27. The first kappa shape index (κ1) is 31.7. The number of furan rings is 1. The molecule has 55 heavy (non-hydrogen) atoms. The van der Waals surface area contributed by atoms with E-state index in [1.807, 2.05) is 12.2 Å². The van der Waals surface area contributed by atoms with Crippen molar-refractivity contribution in [2.75, 3.05) is 4.90 Å². The highest BCUT2D eigenvalue weighted by Crippen LogP contribution is 2.50. The van der Waals surface area contributed by atoms with Crippen LogP contribution in [0.5, 0.6) is 0 Å². The van der Waals surface area contributed by atoms with E-state index in [0.29, 0.717) is 0 Å². The molecule has 0 unspecified atom stereocenters. The molecule has 1 heterocycles. The lowest BCUT2D eigenvalue weighted by atomic mass is 9.87. The SMILES string of the molecule is Cc1ccccc1-c1ccc(N(c2ccc(-c3ccc4oc5c(c4c3)C=C=C=C5)cc2)c2ccc3c(c2)-c2ccccc2C3)c2c1CCCc1ccccc1-2. The summed E-state index contributed by atoms with van der Waals surface area (Å²) in [5, 5.41) is 1.09. The Kier molecular flexibility index (Phi) is 7.29. The maximum absolute atomic E-state index is 6.11. The minimum Gasteiger partial charge on any atom is -0.455 e. The molecule has 0 saturated heterocycles. The topological polar surface area (TPSA) is 16.4 Å². The van der Waals surface area contributed by atoms with E-state index in [-0.39, 0.29) is 0 Å². The summed E-state index contributed by atoms with van der Waals surface area (Å²) in [5.74, 6) is 0.836. The molecule has 2 heteroatoms. The number of hydrogen-bond donors (Lipinski definition) is 0. The molecular weight excluding hydrogens is 667 g/mol. The van der Waals surface area contributed by atoms with Crippen LogP contribution in [0.4, 0.5) is 17.1 Å². The fourth-order valence-corrected chi connectivity index (χ4v) is 9.22. The second kappa shape index (κ2) is 12.7. The maximum atomic E-state index is 6.11. The molecule has 0 atom stereocenters. The molecular formula is C53H37NO. The molecule has 0 spiro atoms. The summed E-state index contributed by atoms with van der Waals surface area (Å²) in [5.41, 5.74) is 28.8. The van der Waals surface area contributed by atoms with Gasteiger partial charge in [0.25, 0.3) is 0 Å². The van der Waals surface area contributed by atoms with Crippen LogP contribution in [0, 0.1) is 6.92 Å². The van der Waals surface area contributed by atoms with E-state index < -0.39 is 0 Å². The molecule has 0 bridgehead atoms. The van der Waals surface area contributed by atoms with Gasteiger partial charge in [0.05, 0.1) is 5.69 Å². The highest BCUT2D eigenvalue weighted by atomic mass is 16.3. The van der Waals surface area contributed by atoms with Crippen molar-refractivity contribution in [3.63, 3.8) is 0 Å². The lowest BCUT2D eigenvalue weighted by Gasteiger charge is -2.31. The normalized spacial score (nSPS) is 13.2. The lowest BCUT2D eigenvalue weighted by Crippen LogP contribution is -2.13. The molecule has 2 nitrogen and oxygen atoms in total. The number of anilines is 3. The van der Waals surface area contributed by atoms with Crippen LogP contribution in [-0.4, -0.2) is 0 Å². The Labute approximate surface area is 321 Å². The third-order valence-corrected chi connectivity index (χ3v) is 11.9. The first-order chi connectivity index (χ1) is 27.2. The van der Waals surface area contributed by atoms with Crippen LogP contribution >= 0.6 is 0 Å². The summed E-state index contributed by atoms with van der Waals surface area (Å²) in [6, 6.07) is 54.2. The second-order valence-corrected chi connectivity index (χ2v) is 15.0. The Hall–Kier alpha value is -6.82. The molecule has 7 aromatic carbocycles. The van der Waals surface area contributed by atoms with Gasteiger partial charge >= 0.3 is 0 Å². The molecule has 11 rings (SSSR count). The predicted molar refractivity (Wildman–Crippen MR) is 228 cm³/mol. The molecule has 0 aliphatic heterocycles. The fourth-order valence-electron chi connectivity index (χ4n) is 9.22. The zero-order valence-electron chi connectivity index (χ0n) is 30.7.